The number of carbonyl (C=O) groups is 2. The molecule has 5 heteroatoms. The molecular formula is C24H30O5. The van der Waals surface area contributed by atoms with Crippen molar-refractivity contribution in [2.24, 2.45) is 0 Å². The molecule has 0 saturated heterocycles. The molecule has 0 bridgehead atoms. The highest BCUT2D eigenvalue weighted by molar-refractivity contribution is 5.99. The number of ketones is 1. The van der Waals surface area contributed by atoms with E-state index in [1.807, 2.05) is 25.1 Å². The van der Waals surface area contributed by atoms with Crippen LogP contribution >= 0.6 is 0 Å². The van der Waals surface area contributed by atoms with Crippen molar-refractivity contribution in [2.75, 3.05) is 7.11 Å². The number of carbonyl (C=O) groups excluding carboxylic acids is 2. The van der Waals surface area contributed by atoms with Gasteiger partial charge in [-0.05, 0) is 30.5 Å². The number of para-hydroxylation sites is 1. The maximum Gasteiger partial charge on any atom is 0.310 e. The lowest BCUT2D eigenvalue weighted by molar-refractivity contribution is -0.139. The van der Waals surface area contributed by atoms with Gasteiger partial charge in [-0.1, -0.05) is 51.8 Å². The third kappa shape index (κ3) is 5.37. The number of phenols is 1. The van der Waals surface area contributed by atoms with Gasteiger partial charge in [0.1, 0.15) is 17.2 Å². The highest BCUT2D eigenvalue weighted by Gasteiger charge is 2.22. The summed E-state index contributed by atoms with van der Waals surface area (Å²) in [7, 11) is 1.35. The minimum atomic E-state index is -0.352. The Labute approximate surface area is 172 Å². The summed E-state index contributed by atoms with van der Waals surface area (Å²) in [5.74, 6) is 0.682. The molecule has 2 rings (SSSR count). The second-order valence-corrected chi connectivity index (χ2v) is 6.98. The van der Waals surface area contributed by atoms with Gasteiger partial charge >= 0.3 is 5.97 Å². The van der Waals surface area contributed by atoms with E-state index < -0.39 is 0 Å². The number of hydrogen-bond donors (Lipinski definition) is 1. The molecule has 0 amide bonds. The summed E-state index contributed by atoms with van der Waals surface area (Å²) in [5.41, 5.74) is 2.59. The summed E-state index contributed by atoms with van der Waals surface area (Å²) in [5, 5.41) is 10.9. The van der Waals surface area contributed by atoms with Gasteiger partial charge in [-0.2, -0.15) is 0 Å². The number of Topliss-reactive ketones (excluding diaryl/α,β-unsaturated/α-hetero) is 1. The number of ether oxygens (including phenoxy) is 2. The Bertz CT molecular complexity index is 870. The molecule has 0 heterocycles. The summed E-state index contributed by atoms with van der Waals surface area (Å²) >= 11 is 0. The molecule has 0 aliphatic carbocycles. The largest absolute Gasteiger partial charge is 0.507 e. The first-order chi connectivity index (χ1) is 14.0. The van der Waals surface area contributed by atoms with Crippen molar-refractivity contribution in [3.8, 4) is 17.2 Å². The van der Waals surface area contributed by atoms with Gasteiger partial charge in [0.05, 0.1) is 19.1 Å². The minimum Gasteiger partial charge on any atom is -0.507 e. The second kappa shape index (κ2) is 10.6. The Morgan fingerprint density at radius 2 is 1.69 bits per heavy atom. The highest BCUT2D eigenvalue weighted by atomic mass is 16.5. The molecule has 0 saturated carbocycles. The quantitative estimate of drug-likeness (QED) is 0.429. The molecule has 0 aromatic heterocycles. The number of phenolic OH excluding ortho intramolecular Hbond substituents is 1. The van der Waals surface area contributed by atoms with Crippen molar-refractivity contribution in [2.45, 2.75) is 59.3 Å². The van der Waals surface area contributed by atoms with Crippen LogP contribution in [0.2, 0.25) is 0 Å². The van der Waals surface area contributed by atoms with Gasteiger partial charge < -0.3 is 14.6 Å². The van der Waals surface area contributed by atoms with Gasteiger partial charge in [0, 0.05) is 17.5 Å². The topological polar surface area (TPSA) is 72.8 Å². The average Bonchev–Trinajstić information content (AvgIpc) is 2.73. The van der Waals surface area contributed by atoms with Crippen molar-refractivity contribution in [1.82, 2.24) is 0 Å². The molecule has 0 fully saturated rings. The molecule has 0 aliphatic rings. The van der Waals surface area contributed by atoms with Crippen LogP contribution in [0.4, 0.5) is 0 Å². The van der Waals surface area contributed by atoms with Gasteiger partial charge in [-0.3, -0.25) is 9.59 Å². The lowest BCUT2D eigenvalue weighted by atomic mass is 9.94. The average molecular weight is 398 g/mol. The molecule has 5 nitrogen and oxygen atoms in total. The summed E-state index contributed by atoms with van der Waals surface area (Å²) < 4.78 is 11.1. The van der Waals surface area contributed by atoms with Crippen molar-refractivity contribution < 1.29 is 24.2 Å². The van der Waals surface area contributed by atoms with Crippen LogP contribution in [0.15, 0.2) is 30.3 Å². The Hall–Kier alpha value is -2.82. The SMILES string of the molecule is CCCc1cc(C(=O)CC)c(O)c(CCC)c1Oc1ccccc1CC(=O)OC. The van der Waals surface area contributed by atoms with Crippen LogP contribution in [0.25, 0.3) is 0 Å². The number of benzene rings is 2. The van der Waals surface area contributed by atoms with Crippen LogP contribution in [0.5, 0.6) is 17.2 Å². The molecule has 0 spiro atoms. The molecule has 0 unspecified atom stereocenters. The fraction of sp³-hybridized carbons (Fsp3) is 0.417. The molecule has 2 aromatic rings. The van der Waals surface area contributed by atoms with E-state index in [-0.39, 0.29) is 23.9 Å². The normalized spacial score (nSPS) is 10.6. The Balaban J connectivity index is 2.61. The fourth-order valence-electron chi connectivity index (χ4n) is 3.33. The molecule has 2 aromatic carbocycles. The summed E-state index contributed by atoms with van der Waals surface area (Å²) in [4.78, 5) is 24.1. The first-order valence-corrected chi connectivity index (χ1v) is 10.2. The molecule has 0 aliphatic heterocycles. The van der Waals surface area contributed by atoms with Crippen molar-refractivity contribution in [3.05, 3.63) is 52.6 Å². The zero-order valence-electron chi connectivity index (χ0n) is 17.7. The molecule has 29 heavy (non-hydrogen) atoms. The van der Waals surface area contributed by atoms with Gasteiger partial charge in [0.15, 0.2) is 5.78 Å². The van der Waals surface area contributed by atoms with Gasteiger partial charge in [-0.15, -0.1) is 0 Å². The molecule has 0 radical (unpaired) electrons. The Kier molecular flexibility index (Phi) is 8.25. The third-order valence-electron chi connectivity index (χ3n) is 4.81. The first-order valence-electron chi connectivity index (χ1n) is 10.2. The number of aryl methyl sites for hydroxylation is 1. The molecule has 1 N–H and O–H groups in total. The van der Waals surface area contributed by atoms with E-state index >= 15 is 0 Å². The lowest BCUT2D eigenvalue weighted by Gasteiger charge is -2.20. The Morgan fingerprint density at radius 3 is 2.31 bits per heavy atom. The van der Waals surface area contributed by atoms with Crippen LogP contribution in [-0.2, 0) is 28.8 Å². The smallest absolute Gasteiger partial charge is 0.310 e. The molecule has 0 atom stereocenters. The summed E-state index contributed by atoms with van der Waals surface area (Å²) in [6.07, 6.45) is 3.39. The number of aromatic hydroxyl groups is 1. The van der Waals surface area contributed by atoms with Gasteiger partial charge in [0.25, 0.3) is 0 Å². The molecular weight excluding hydrogens is 368 g/mol. The molecule has 156 valence electrons. The van der Waals surface area contributed by atoms with Crippen LogP contribution < -0.4 is 4.74 Å². The third-order valence-corrected chi connectivity index (χ3v) is 4.81. The zero-order chi connectivity index (χ0) is 21.4. The van der Waals surface area contributed by atoms with Crippen LogP contribution in [0, 0.1) is 0 Å². The van der Waals surface area contributed by atoms with E-state index in [9.17, 15) is 14.7 Å². The van der Waals surface area contributed by atoms with Gasteiger partial charge in [0.2, 0.25) is 0 Å². The fourth-order valence-corrected chi connectivity index (χ4v) is 3.33. The maximum atomic E-state index is 12.4. The predicted octanol–water partition coefficient (Wildman–Crippen LogP) is 5.40. The summed E-state index contributed by atoms with van der Waals surface area (Å²) in [6.45, 7) is 5.86. The Morgan fingerprint density at radius 1 is 1.00 bits per heavy atom. The van der Waals surface area contributed by atoms with Crippen LogP contribution in [0.1, 0.15) is 67.1 Å². The second-order valence-electron chi connectivity index (χ2n) is 6.98. The van der Waals surface area contributed by atoms with Crippen LogP contribution in [-0.4, -0.2) is 24.0 Å². The van der Waals surface area contributed by atoms with Crippen LogP contribution in [0.3, 0.4) is 0 Å². The van der Waals surface area contributed by atoms with Crippen molar-refractivity contribution in [1.29, 1.82) is 0 Å². The van der Waals surface area contributed by atoms with E-state index in [1.54, 1.807) is 19.1 Å². The first kappa shape index (κ1) is 22.5. The van der Waals surface area contributed by atoms with E-state index in [0.29, 0.717) is 41.0 Å². The number of hydrogen-bond acceptors (Lipinski definition) is 5. The van der Waals surface area contributed by atoms with Crippen molar-refractivity contribution >= 4 is 11.8 Å². The van der Waals surface area contributed by atoms with E-state index in [1.165, 1.54) is 7.11 Å². The number of methoxy groups -OCH3 is 1. The summed E-state index contributed by atoms with van der Waals surface area (Å²) in [6, 6.07) is 9.05. The maximum absolute atomic E-state index is 12.4. The highest BCUT2D eigenvalue weighted by Crippen LogP contribution is 2.40. The lowest BCUT2D eigenvalue weighted by Crippen LogP contribution is -2.08. The van der Waals surface area contributed by atoms with E-state index in [4.69, 9.17) is 9.47 Å². The predicted molar refractivity (Wildman–Crippen MR) is 113 cm³/mol. The zero-order valence-corrected chi connectivity index (χ0v) is 17.7. The minimum absolute atomic E-state index is 0.000924. The van der Waals surface area contributed by atoms with E-state index in [0.717, 1.165) is 24.8 Å². The number of esters is 1. The monoisotopic (exact) mass is 398 g/mol. The number of rotatable bonds is 10. The van der Waals surface area contributed by atoms with Gasteiger partial charge in [-0.25, -0.2) is 0 Å². The van der Waals surface area contributed by atoms with Crippen molar-refractivity contribution in [3.63, 3.8) is 0 Å². The van der Waals surface area contributed by atoms with E-state index in [2.05, 4.69) is 6.92 Å². The standard InChI is InChI=1S/C24H30O5/c1-5-10-17-14-19(20(25)7-3)23(27)18(11-6-2)24(17)29-21-13-9-8-12-16(21)15-22(26)28-4/h8-9,12-14,27H,5-7,10-11,15H2,1-4H3.